The Morgan fingerprint density at radius 2 is 0.778 bits per heavy atom. The summed E-state index contributed by atoms with van der Waals surface area (Å²) in [5, 5.41) is 14.3. The molecule has 0 heterocycles. The van der Waals surface area contributed by atoms with E-state index in [0.717, 1.165) is 22.3 Å². The van der Waals surface area contributed by atoms with E-state index >= 15 is 0 Å². The Morgan fingerprint density at radius 3 is 1.06 bits per heavy atom. The summed E-state index contributed by atoms with van der Waals surface area (Å²) in [7, 11) is 0. The van der Waals surface area contributed by atoms with Gasteiger partial charge in [-0.3, -0.25) is 0 Å². The van der Waals surface area contributed by atoms with E-state index in [4.69, 9.17) is 10.8 Å². The number of rotatable bonds is 4. The first-order chi connectivity index (χ1) is 8.81. The fourth-order valence-electron chi connectivity index (χ4n) is 1.60. The van der Waals surface area contributed by atoms with Gasteiger partial charge in [0.25, 0.3) is 0 Å². The molecule has 0 radical (unpaired) electrons. The quantitative estimate of drug-likeness (QED) is 0.596. The zero-order valence-electron chi connectivity index (χ0n) is 9.93. The maximum atomic E-state index is 7.13. The minimum absolute atomic E-state index is 0.905. The van der Waals surface area contributed by atoms with Crippen LogP contribution < -0.4 is 0 Å². The van der Waals surface area contributed by atoms with Crippen molar-refractivity contribution in [1.29, 1.82) is 10.8 Å². The van der Waals surface area contributed by atoms with Crippen LogP contribution in [0.25, 0.3) is 12.2 Å². The maximum absolute atomic E-state index is 7.13. The summed E-state index contributed by atoms with van der Waals surface area (Å²) in [6, 6.07) is 15.6. The molecule has 0 aliphatic heterocycles. The van der Waals surface area contributed by atoms with Gasteiger partial charge >= 0.3 is 0 Å². The molecule has 0 aliphatic carbocycles. The summed E-state index contributed by atoms with van der Waals surface area (Å²) < 4.78 is 0. The summed E-state index contributed by atoms with van der Waals surface area (Å²) in [6.07, 6.45) is 6.74. The first-order valence-electron chi connectivity index (χ1n) is 5.71. The molecule has 2 N–H and O–H groups in total. The van der Waals surface area contributed by atoms with Gasteiger partial charge in [0.2, 0.25) is 0 Å². The van der Waals surface area contributed by atoms with Crippen LogP contribution in [0, 0.1) is 10.8 Å². The third-order valence-electron chi connectivity index (χ3n) is 2.67. The molecule has 0 fully saturated rings. The molecule has 0 amide bonds. The number of hydrogen-bond donors (Lipinski definition) is 2. The molecule has 0 saturated heterocycles. The van der Waals surface area contributed by atoms with E-state index in [0.29, 0.717) is 0 Å². The van der Waals surface area contributed by atoms with Crippen LogP contribution in [0.2, 0.25) is 0 Å². The second-order valence-electron chi connectivity index (χ2n) is 3.96. The van der Waals surface area contributed by atoms with Crippen LogP contribution in [-0.2, 0) is 0 Å². The molecular weight excluding hydrogens is 220 g/mol. The van der Waals surface area contributed by atoms with Crippen LogP contribution in [0.5, 0.6) is 0 Å². The monoisotopic (exact) mass is 234 g/mol. The van der Waals surface area contributed by atoms with Crippen molar-refractivity contribution in [3.63, 3.8) is 0 Å². The van der Waals surface area contributed by atoms with E-state index in [1.165, 1.54) is 12.4 Å². The Balaban J connectivity index is 2.13. The number of benzene rings is 2. The molecule has 0 saturated carbocycles. The lowest BCUT2D eigenvalue weighted by Crippen LogP contribution is -1.80. The highest BCUT2D eigenvalue weighted by molar-refractivity contribution is 5.79. The van der Waals surface area contributed by atoms with E-state index in [2.05, 4.69) is 0 Å². The molecule has 0 aromatic heterocycles. The lowest BCUT2D eigenvalue weighted by atomic mass is 10.1. The Labute approximate surface area is 107 Å². The number of nitrogens with one attached hydrogen (secondary N) is 2. The first-order valence-corrected chi connectivity index (χ1v) is 5.71. The predicted molar refractivity (Wildman–Crippen MR) is 77.6 cm³/mol. The van der Waals surface area contributed by atoms with E-state index in [9.17, 15) is 0 Å². The first kappa shape index (κ1) is 12.0. The van der Waals surface area contributed by atoms with Crippen molar-refractivity contribution in [3.8, 4) is 0 Å². The summed E-state index contributed by atoms with van der Waals surface area (Å²) in [5.41, 5.74) is 4.03. The van der Waals surface area contributed by atoms with Gasteiger partial charge in [-0.2, -0.15) is 0 Å². The number of hydrogen-bond acceptors (Lipinski definition) is 2. The van der Waals surface area contributed by atoms with Crippen LogP contribution in [0.3, 0.4) is 0 Å². The van der Waals surface area contributed by atoms with Crippen molar-refractivity contribution in [2.75, 3.05) is 0 Å². The van der Waals surface area contributed by atoms with Gasteiger partial charge in [-0.15, -0.1) is 0 Å². The van der Waals surface area contributed by atoms with Crippen molar-refractivity contribution in [3.05, 3.63) is 70.8 Å². The van der Waals surface area contributed by atoms with Gasteiger partial charge in [-0.1, -0.05) is 60.7 Å². The van der Waals surface area contributed by atoms with Gasteiger partial charge in [-0.25, -0.2) is 0 Å². The minimum Gasteiger partial charge on any atom is -0.308 e. The molecule has 88 valence electrons. The highest BCUT2D eigenvalue weighted by Gasteiger charge is 1.90. The highest BCUT2D eigenvalue weighted by Crippen LogP contribution is 2.09. The van der Waals surface area contributed by atoms with Crippen molar-refractivity contribution in [2.24, 2.45) is 0 Å². The van der Waals surface area contributed by atoms with E-state index in [1.54, 1.807) is 0 Å². The van der Waals surface area contributed by atoms with Gasteiger partial charge in [0.1, 0.15) is 0 Å². The predicted octanol–water partition coefficient (Wildman–Crippen LogP) is 3.85. The van der Waals surface area contributed by atoms with Crippen molar-refractivity contribution in [1.82, 2.24) is 0 Å². The molecular formula is C16H14N2. The van der Waals surface area contributed by atoms with E-state index < -0.39 is 0 Å². The van der Waals surface area contributed by atoms with Gasteiger partial charge in [0.15, 0.2) is 0 Å². The van der Waals surface area contributed by atoms with E-state index in [1.807, 2.05) is 60.7 Å². The molecule has 0 atom stereocenters. The zero-order valence-corrected chi connectivity index (χ0v) is 9.93. The molecule has 2 aromatic rings. The summed E-state index contributed by atoms with van der Waals surface area (Å²) in [6.45, 7) is 0. The summed E-state index contributed by atoms with van der Waals surface area (Å²) in [4.78, 5) is 0. The standard InChI is InChI=1S/C16H14N2/c17-11-15-7-3-13(4-8-15)1-2-14-5-9-16(12-18)10-6-14/h1-12,17-18H/b2-1+,17-11?,18-12?. The van der Waals surface area contributed by atoms with Crippen LogP contribution in [-0.4, -0.2) is 12.4 Å². The second-order valence-corrected chi connectivity index (χ2v) is 3.96. The maximum Gasteiger partial charge on any atom is 0.0250 e. The lowest BCUT2D eigenvalue weighted by molar-refractivity contribution is 1.53. The Bertz CT molecular complexity index is 510. The van der Waals surface area contributed by atoms with Gasteiger partial charge in [-0.05, 0) is 22.3 Å². The molecule has 2 heteroatoms. The minimum atomic E-state index is 0.905. The lowest BCUT2D eigenvalue weighted by Gasteiger charge is -1.96. The van der Waals surface area contributed by atoms with Gasteiger partial charge in [0, 0.05) is 12.4 Å². The molecule has 2 rings (SSSR count). The molecule has 18 heavy (non-hydrogen) atoms. The summed E-state index contributed by atoms with van der Waals surface area (Å²) in [5.74, 6) is 0. The third kappa shape index (κ3) is 3.01. The molecule has 0 aliphatic rings. The molecule has 2 aromatic carbocycles. The van der Waals surface area contributed by atoms with Crippen molar-refractivity contribution in [2.45, 2.75) is 0 Å². The third-order valence-corrected chi connectivity index (χ3v) is 2.67. The Morgan fingerprint density at radius 1 is 0.500 bits per heavy atom. The van der Waals surface area contributed by atoms with Crippen LogP contribution in [0.4, 0.5) is 0 Å². The summed E-state index contributed by atoms with van der Waals surface area (Å²) >= 11 is 0. The highest BCUT2D eigenvalue weighted by atomic mass is 14.3. The smallest absolute Gasteiger partial charge is 0.0250 e. The Hall–Kier alpha value is -2.48. The normalized spacial score (nSPS) is 10.4. The molecule has 2 nitrogen and oxygen atoms in total. The van der Waals surface area contributed by atoms with Crippen LogP contribution in [0.15, 0.2) is 48.5 Å². The largest absolute Gasteiger partial charge is 0.308 e. The van der Waals surface area contributed by atoms with Crippen molar-refractivity contribution < 1.29 is 0 Å². The molecule has 0 bridgehead atoms. The van der Waals surface area contributed by atoms with Gasteiger partial charge < -0.3 is 10.8 Å². The van der Waals surface area contributed by atoms with Crippen LogP contribution >= 0.6 is 0 Å². The van der Waals surface area contributed by atoms with E-state index in [-0.39, 0.29) is 0 Å². The van der Waals surface area contributed by atoms with Crippen molar-refractivity contribution >= 4 is 24.6 Å². The molecule has 0 spiro atoms. The fraction of sp³-hybridized carbons (Fsp3) is 0. The Kier molecular flexibility index (Phi) is 3.82. The van der Waals surface area contributed by atoms with Gasteiger partial charge in [0.05, 0.1) is 0 Å². The topological polar surface area (TPSA) is 47.7 Å². The second kappa shape index (κ2) is 5.73. The molecule has 0 unspecified atom stereocenters. The SMILES string of the molecule is N=Cc1ccc(/C=C/c2ccc(C=N)cc2)cc1. The average molecular weight is 234 g/mol. The van der Waals surface area contributed by atoms with Crippen LogP contribution in [0.1, 0.15) is 22.3 Å². The fourth-order valence-corrected chi connectivity index (χ4v) is 1.60. The zero-order chi connectivity index (χ0) is 12.8. The average Bonchev–Trinajstić information content (AvgIpc) is 2.46.